The van der Waals surface area contributed by atoms with E-state index in [1.807, 2.05) is 30.3 Å². The number of hydrogen-bond acceptors (Lipinski definition) is 4. The maximum Gasteiger partial charge on any atom is 0.264 e. The second-order valence-corrected chi connectivity index (χ2v) is 13.8. The molecule has 2 amide bonds. The van der Waals surface area contributed by atoms with Crippen LogP contribution in [0.3, 0.4) is 0 Å². The molecule has 1 fully saturated rings. The molecule has 1 atom stereocenters. The van der Waals surface area contributed by atoms with Gasteiger partial charge in [-0.2, -0.15) is 0 Å². The van der Waals surface area contributed by atoms with Crippen molar-refractivity contribution in [1.82, 2.24) is 10.2 Å². The molecule has 246 valence electrons. The highest BCUT2D eigenvalue weighted by Crippen LogP contribution is 2.28. The molecule has 1 aliphatic carbocycles. The first-order chi connectivity index (χ1) is 22.6. The van der Waals surface area contributed by atoms with Crippen LogP contribution >= 0.6 is 0 Å². The molecule has 0 radical (unpaired) electrons. The highest BCUT2D eigenvalue weighted by atomic mass is 32.2. The van der Waals surface area contributed by atoms with E-state index in [0.29, 0.717) is 0 Å². The number of nitrogens with zero attached hydrogens (tertiary/aromatic N) is 2. The maximum absolute atomic E-state index is 15.3. The third-order valence-electron chi connectivity index (χ3n) is 8.53. The minimum absolute atomic E-state index is 0.0724. The van der Waals surface area contributed by atoms with Crippen molar-refractivity contribution in [1.29, 1.82) is 0 Å². The van der Waals surface area contributed by atoms with E-state index < -0.39 is 46.1 Å². The highest BCUT2D eigenvalue weighted by Gasteiger charge is 2.36. The summed E-state index contributed by atoms with van der Waals surface area (Å²) in [5, 5.41) is 3.11. The van der Waals surface area contributed by atoms with Gasteiger partial charge in [0.2, 0.25) is 11.8 Å². The lowest BCUT2D eigenvalue weighted by atomic mass is 9.94. The third-order valence-corrected chi connectivity index (χ3v) is 10.3. The summed E-state index contributed by atoms with van der Waals surface area (Å²) in [5.41, 5.74) is 1.42. The van der Waals surface area contributed by atoms with Crippen molar-refractivity contribution in [2.45, 2.75) is 69.0 Å². The Morgan fingerprint density at radius 1 is 0.809 bits per heavy atom. The molecule has 1 saturated carbocycles. The van der Waals surface area contributed by atoms with Crippen molar-refractivity contribution >= 4 is 27.5 Å². The Morgan fingerprint density at radius 2 is 1.43 bits per heavy atom. The quantitative estimate of drug-likeness (QED) is 0.187. The lowest BCUT2D eigenvalue weighted by molar-refractivity contribution is -0.140. The number of carbonyl (C=O) groups excluding carboxylic acids is 2. The second-order valence-electron chi connectivity index (χ2n) is 11.9. The van der Waals surface area contributed by atoms with Crippen LogP contribution in [0.15, 0.2) is 108 Å². The van der Waals surface area contributed by atoms with Gasteiger partial charge < -0.3 is 10.2 Å². The number of benzene rings is 4. The van der Waals surface area contributed by atoms with Crippen molar-refractivity contribution in [3.8, 4) is 0 Å². The van der Waals surface area contributed by atoms with Crippen LogP contribution in [0.5, 0.6) is 0 Å². The lowest BCUT2D eigenvalue weighted by Crippen LogP contribution is -2.55. The molecule has 0 heterocycles. The van der Waals surface area contributed by atoms with E-state index in [1.165, 1.54) is 53.4 Å². The first kappa shape index (κ1) is 33.8. The predicted molar refractivity (Wildman–Crippen MR) is 178 cm³/mol. The van der Waals surface area contributed by atoms with Gasteiger partial charge >= 0.3 is 0 Å². The summed E-state index contributed by atoms with van der Waals surface area (Å²) < 4.78 is 59.3. The van der Waals surface area contributed by atoms with Crippen LogP contribution < -0.4 is 9.62 Å². The van der Waals surface area contributed by atoms with E-state index in [1.54, 1.807) is 25.1 Å². The zero-order chi connectivity index (χ0) is 33.4. The Kier molecular flexibility index (Phi) is 11.0. The van der Waals surface area contributed by atoms with Crippen LogP contribution in [-0.2, 0) is 32.6 Å². The molecule has 4 aromatic carbocycles. The SMILES string of the molecule is Cc1ccc(S(=O)(=O)N(CC(=O)N(Cc2ccccc2F)[C@H](Cc2ccccc2)C(=O)NC2CCCCC2)c2ccccc2F)cc1. The first-order valence-electron chi connectivity index (χ1n) is 15.8. The Hall–Kier alpha value is -4.57. The molecule has 0 aliphatic heterocycles. The summed E-state index contributed by atoms with van der Waals surface area (Å²) >= 11 is 0. The number of aryl methyl sites for hydroxylation is 1. The van der Waals surface area contributed by atoms with Gasteiger partial charge in [0, 0.05) is 24.6 Å². The van der Waals surface area contributed by atoms with Crippen molar-refractivity contribution in [3.05, 3.63) is 131 Å². The standard InChI is InChI=1S/C37H39F2N3O4S/c1-27-20-22-31(23-21-27)47(45,46)42(34-19-11-10-18-33(34)39)26-36(43)41(25-29-14-8-9-17-32(29)38)35(24-28-12-4-2-5-13-28)37(44)40-30-15-6-3-7-16-30/h2,4-5,8-14,17-23,30,35H,3,6-7,15-16,24-26H2,1H3,(H,40,44)/t35-/m1/s1. The fraction of sp³-hybridized carbons (Fsp3) is 0.297. The van der Waals surface area contributed by atoms with E-state index >= 15 is 8.78 Å². The largest absolute Gasteiger partial charge is 0.352 e. The molecule has 1 N–H and O–H groups in total. The van der Waals surface area contributed by atoms with E-state index in [0.717, 1.165) is 53.6 Å². The molecule has 47 heavy (non-hydrogen) atoms. The molecular weight excluding hydrogens is 620 g/mol. The van der Waals surface area contributed by atoms with Gasteiger partial charge in [0.1, 0.15) is 24.2 Å². The van der Waals surface area contributed by atoms with Gasteiger partial charge in [-0.1, -0.05) is 97.6 Å². The minimum atomic E-state index is -4.46. The Bertz CT molecular complexity index is 1780. The summed E-state index contributed by atoms with van der Waals surface area (Å²) in [6.07, 6.45) is 4.74. The normalized spacial score (nSPS) is 14.3. The number of anilines is 1. The summed E-state index contributed by atoms with van der Waals surface area (Å²) in [7, 11) is -4.46. The van der Waals surface area contributed by atoms with Gasteiger partial charge in [-0.3, -0.25) is 13.9 Å². The Labute approximate surface area is 275 Å². The van der Waals surface area contributed by atoms with E-state index in [2.05, 4.69) is 5.32 Å². The van der Waals surface area contributed by atoms with Crippen LogP contribution in [0.4, 0.5) is 14.5 Å². The van der Waals surface area contributed by atoms with Gasteiger partial charge in [-0.05, 0) is 55.7 Å². The lowest BCUT2D eigenvalue weighted by Gasteiger charge is -2.35. The molecule has 0 unspecified atom stereocenters. The topological polar surface area (TPSA) is 86.8 Å². The van der Waals surface area contributed by atoms with Crippen molar-refractivity contribution in [3.63, 3.8) is 0 Å². The zero-order valence-electron chi connectivity index (χ0n) is 26.3. The number of halogens is 2. The number of para-hydroxylation sites is 1. The molecule has 0 aromatic heterocycles. The van der Waals surface area contributed by atoms with E-state index in [4.69, 9.17) is 0 Å². The Morgan fingerprint density at radius 3 is 2.09 bits per heavy atom. The molecule has 5 rings (SSSR count). The smallest absolute Gasteiger partial charge is 0.264 e. The number of hydrogen-bond donors (Lipinski definition) is 1. The summed E-state index contributed by atoms with van der Waals surface area (Å²) in [6, 6.07) is 25.2. The van der Waals surface area contributed by atoms with Crippen molar-refractivity contribution in [2.75, 3.05) is 10.8 Å². The number of rotatable bonds is 12. The summed E-state index contributed by atoms with van der Waals surface area (Å²) in [4.78, 5) is 29.7. The highest BCUT2D eigenvalue weighted by molar-refractivity contribution is 7.92. The maximum atomic E-state index is 15.3. The van der Waals surface area contributed by atoms with Gasteiger partial charge in [-0.15, -0.1) is 0 Å². The van der Waals surface area contributed by atoms with Crippen LogP contribution in [0, 0.1) is 18.6 Å². The molecule has 0 saturated heterocycles. The third kappa shape index (κ3) is 8.43. The Balaban J connectivity index is 1.58. The van der Waals surface area contributed by atoms with Crippen LogP contribution in [-0.4, -0.2) is 43.8 Å². The van der Waals surface area contributed by atoms with Gasteiger partial charge in [0.25, 0.3) is 10.0 Å². The van der Waals surface area contributed by atoms with Crippen molar-refractivity contribution < 1.29 is 26.8 Å². The molecule has 10 heteroatoms. The molecule has 4 aromatic rings. The molecule has 1 aliphatic rings. The first-order valence-corrected chi connectivity index (χ1v) is 17.3. The zero-order valence-corrected chi connectivity index (χ0v) is 27.1. The summed E-state index contributed by atoms with van der Waals surface area (Å²) in [5.74, 6) is -2.61. The molecular formula is C37H39F2N3O4S. The average molecular weight is 660 g/mol. The molecule has 0 spiro atoms. The number of sulfonamides is 1. The van der Waals surface area contributed by atoms with Crippen LogP contribution in [0.25, 0.3) is 0 Å². The van der Waals surface area contributed by atoms with Gasteiger partial charge in [0.05, 0.1) is 10.6 Å². The number of nitrogens with one attached hydrogen (secondary N) is 1. The number of amides is 2. The van der Waals surface area contributed by atoms with Crippen LogP contribution in [0.2, 0.25) is 0 Å². The summed E-state index contributed by atoms with van der Waals surface area (Å²) in [6.45, 7) is 0.671. The number of carbonyl (C=O) groups is 2. The average Bonchev–Trinajstić information content (AvgIpc) is 3.07. The van der Waals surface area contributed by atoms with Gasteiger partial charge in [-0.25, -0.2) is 17.2 Å². The predicted octanol–water partition coefficient (Wildman–Crippen LogP) is 6.56. The fourth-order valence-corrected chi connectivity index (χ4v) is 7.34. The van der Waals surface area contributed by atoms with Crippen LogP contribution in [0.1, 0.15) is 48.8 Å². The molecule has 7 nitrogen and oxygen atoms in total. The van der Waals surface area contributed by atoms with Gasteiger partial charge in [0.15, 0.2) is 0 Å². The van der Waals surface area contributed by atoms with E-state index in [9.17, 15) is 18.0 Å². The fourth-order valence-electron chi connectivity index (χ4n) is 5.91. The minimum Gasteiger partial charge on any atom is -0.352 e. The monoisotopic (exact) mass is 659 g/mol. The van der Waals surface area contributed by atoms with Crippen molar-refractivity contribution in [2.24, 2.45) is 0 Å². The second kappa shape index (κ2) is 15.3. The molecule has 0 bridgehead atoms. The van der Waals surface area contributed by atoms with E-state index in [-0.39, 0.29) is 35.2 Å².